The van der Waals surface area contributed by atoms with Gasteiger partial charge in [0.15, 0.2) is 6.10 Å². The van der Waals surface area contributed by atoms with Crippen LogP contribution in [-0.2, 0) is 28.2 Å². The summed E-state index contributed by atoms with van der Waals surface area (Å²) in [6, 6.07) is 23.7. The standard InChI is InChI=1S/C37H51NO6Si/c1-26(2)41-36(39)34-19-18-27(3)35(43-34)25-29(40-7)23-30-24-31(22-28(42-30)20-21-38)44-45(37(4,5)6,32-14-10-8-11-15-32)33-16-12-9-13-17-33/h8-19,26-31,34-35H,20,22-25H2,1-7H3/t27-,28-,29-,30+,31-,34-,35+/m0/s1. The van der Waals surface area contributed by atoms with Crippen molar-refractivity contribution in [3.8, 4) is 6.07 Å². The molecule has 8 heteroatoms. The Hall–Kier alpha value is -2.80. The summed E-state index contributed by atoms with van der Waals surface area (Å²) in [5.41, 5.74) is 0. The molecule has 7 atom stereocenters. The SMILES string of the molecule is CO[C@@H](C[C@@H]1C[C@@H](O[Si](c2ccccc2)(c2ccccc2)C(C)(C)C)C[C@H](CC#N)O1)C[C@H]1O[C@H](C(=O)OC(C)C)C=C[C@@H]1C. The maximum atomic E-state index is 12.6. The summed E-state index contributed by atoms with van der Waals surface area (Å²) in [6.45, 7) is 12.6. The molecule has 0 amide bonds. The van der Waals surface area contributed by atoms with Gasteiger partial charge in [0, 0.05) is 19.4 Å². The van der Waals surface area contributed by atoms with Crippen molar-refractivity contribution in [2.75, 3.05) is 7.11 Å². The van der Waals surface area contributed by atoms with E-state index in [1.54, 1.807) is 13.2 Å². The third-order valence-electron chi connectivity index (χ3n) is 8.95. The smallest absolute Gasteiger partial charge is 0.339 e. The van der Waals surface area contributed by atoms with Crippen molar-refractivity contribution in [2.24, 2.45) is 5.92 Å². The van der Waals surface area contributed by atoms with Crippen molar-refractivity contribution in [3.63, 3.8) is 0 Å². The number of benzene rings is 2. The Labute approximate surface area is 271 Å². The van der Waals surface area contributed by atoms with E-state index in [2.05, 4.69) is 94.4 Å². The second kappa shape index (κ2) is 15.7. The zero-order valence-electron chi connectivity index (χ0n) is 28.0. The molecule has 2 aliphatic rings. The van der Waals surface area contributed by atoms with Crippen LogP contribution in [-0.4, -0.2) is 64.1 Å². The fourth-order valence-corrected chi connectivity index (χ4v) is 11.5. The lowest BCUT2D eigenvalue weighted by Crippen LogP contribution is -2.68. The molecule has 0 aliphatic carbocycles. The molecule has 0 radical (unpaired) electrons. The van der Waals surface area contributed by atoms with Gasteiger partial charge in [-0.25, -0.2) is 4.79 Å². The van der Waals surface area contributed by atoms with Crippen molar-refractivity contribution in [3.05, 3.63) is 72.8 Å². The number of ether oxygens (including phenoxy) is 4. The predicted molar refractivity (Wildman–Crippen MR) is 179 cm³/mol. The minimum Gasteiger partial charge on any atom is -0.461 e. The molecule has 2 aromatic carbocycles. The molecular formula is C37H51NO6Si. The number of nitriles is 1. The molecule has 0 bridgehead atoms. The summed E-state index contributed by atoms with van der Waals surface area (Å²) in [6.07, 6.45) is 4.98. The molecule has 2 aliphatic heterocycles. The molecule has 0 N–H and O–H groups in total. The van der Waals surface area contributed by atoms with Crippen LogP contribution in [0.15, 0.2) is 72.8 Å². The van der Waals surface area contributed by atoms with E-state index in [1.165, 1.54) is 10.4 Å². The van der Waals surface area contributed by atoms with E-state index in [-0.39, 0.29) is 53.5 Å². The van der Waals surface area contributed by atoms with Crippen molar-refractivity contribution in [1.82, 2.24) is 0 Å². The van der Waals surface area contributed by atoms with Crippen molar-refractivity contribution in [1.29, 1.82) is 5.26 Å². The van der Waals surface area contributed by atoms with E-state index in [0.29, 0.717) is 32.1 Å². The fraction of sp³-hybridized carbons (Fsp3) is 0.568. The zero-order valence-corrected chi connectivity index (χ0v) is 29.0. The average molecular weight is 634 g/mol. The van der Waals surface area contributed by atoms with Crippen LogP contribution in [0.25, 0.3) is 0 Å². The Balaban J connectivity index is 1.56. The number of methoxy groups -OCH3 is 1. The van der Waals surface area contributed by atoms with E-state index in [0.717, 1.165) is 0 Å². The van der Waals surface area contributed by atoms with Gasteiger partial charge in [-0.3, -0.25) is 0 Å². The average Bonchev–Trinajstić information content (AvgIpc) is 3.00. The van der Waals surface area contributed by atoms with E-state index < -0.39 is 14.4 Å². The third kappa shape index (κ3) is 8.72. The molecule has 244 valence electrons. The van der Waals surface area contributed by atoms with Crippen LogP contribution in [0.2, 0.25) is 5.04 Å². The Morgan fingerprint density at radius 3 is 2.09 bits per heavy atom. The van der Waals surface area contributed by atoms with Gasteiger partial charge < -0.3 is 23.4 Å². The topological polar surface area (TPSA) is 87.0 Å². The normalized spacial score (nSPS) is 26.3. The molecule has 0 unspecified atom stereocenters. The van der Waals surface area contributed by atoms with Crippen LogP contribution >= 0.6 is 0 Å². The van der Waals surface area contributed by atoms with Crippen LogP contribution in [0, 0.1) is 17.2 Å². The summed E-state index contributed by atoms with van der Waals surface area (Å²) in [4.78, 5) is 12.6. The Morgan fingerprint density at radius 1 is 0.956 bits per heavy atom. The van der Waals surface area contributed by atoms with Gasteiger partial charge in [0.05, 0.1) is 49.1 Å². The molecule has 7 nitrogen and oxygen atoms in total. The Bertz CT molecular complexity index is 1250. The summed E-state index contributed by atoms with van der Waals surface area (Å²) < 4.78 is 31.6. The second-order valence-electron chi connectivity index (χ2n) is 13.8. The highest BCUT2D eigenvalue weighted by Crippen LogP contribution is 2.40. The second-order valence-corrected chi connectivity index (χ2v) is 18.0. The summed E-state index contributed by atoms with van der Waals surface area (Å²) in [5.74, 6) is -0.249. The lowest BCUT2D eigenvalue weighted by Gasteiger charge is -2.47. The van der Waals surface area contributed by atoms with Gasteiger partial charge in [-0.1, -0.05) is 94.4 Å². The van der Waals surface area contributed by atoms with Gasteiger partial charge in [0.25, 0.3) is 8.32 Å². The highest BCUT2D eigenvalue weighted by atomic mass is 28.4. The molecule has 0 saturated carbocycles. The van der Waals surface area contributed by atoms with E-state index in [4.69, 9.17) is 23.4 Å². The van der Waals surface area contributed by atoms with Gasteiger partial charge in [0.2, 0.25) is 0 Å². The maximum Gasteiger partial charge on any atom is 0.339 e. The number of carbonyl (C=O) groups excluding carboxylic acids is 1. The maximum absolute atomic E-state index is 12.6. The highest BCUT2D eigenvalue weighted by molar-refractivity contribution is 6.99. The highest BCUT2D eigenvalue weighted by Gasteiger charge is 2.52. The Morgan fingerprint density at radius 2 is 1.56 bits per heavy atom. The molecule has 2 heterocycles. The first kappa shape index (κ1) is 35.1. The zero-order chi connectivity index (χ0) is 32.6. The third-order valence-corrected chi connectivity index (χ3v) is 14.0. The summed E-state index contributed by atoms with van der Waals surface area (Å²) >= 11 is 0. The van der Waals surface area contributed by atoms with Gasteiger partial charge >= 0.3 is 5.97 Å². The largest absolute Gasteiger partial charge is 0.461 e. The van der Waals surface area contributed by atoms with Gasteiger partial charge in [-0.2, -0.15) is 5.26 Å². The quantitative estimate of drug-likeness (QED) is 0.159. The van der Waals surface area contributed by atoms with Crippen molar-refractivity contribution in [2.45, 2.75) is 121 Å². The molecule has 2 aromatic rings. The van der Waals surface area contributed by atoms with Crippen molar-refractivity contribution < 1.29 is 28.2 Å². The van der Waals surface area contributed by atoms with E-state index >= 15 is 0 Å². The van der Waals surface area contributed by atoms with Crippen molar-refractivity contribution >= 4 is 24.7 Å². The summed E-state index contributed by atoms with van der Waals surface area (Å²) in [5, 5.41) is 12.0. The molecule has 4 rings (SSSR count). The first-order chi connectivity index (χ1) is 21.5. The molecule has 1 fully saturated rings. The van der Waals surface area contributed by atoms with Crippen LogP contribution in [0.1, 0.15) is 73.6 Å². The minimum absolute atomic E-state index is 0.0890. The lowest BCUT2D eigenvalue weighted by molar-refractivity contribution is -0.165. The summed E-state index contributed by atoms with van der Waals surface area (Å²) in [7, 11) is -1.07. The molecule has 45 heavy (non-hydrogen) atoms. The molecular weight excluding hydrogens is 582 g/mol. The molecule has 0 aromatic heterocycles. The van der Waals surface area contributed by atoms with Gasteiger partial charge in [-0.15, -0.1) is 0 Å². The number of nitrogens with zero attached hydrogens (tertiary/aromatic N) is 1. The first-order valence-corrected chi connectivity index (χ1v) is 18.3. The van der Waals surface area contributed by atoms with Crippen LogP contribution in [0.5, 0.6) is 0 Å². The molecule has 0 spiro atoms. The van der Waals surface area contributed by atoms with Gasteiger partial charge in [0.1, 0.15) is 0 Å². The predicted octanol–water partition coefficient (Wildman–Crippen LogP) is 6.10. The fourth-order valence-electron chi connectivity index (χ4n) is 6.79. The van der Waals surface area contributed by atoms with Crippen LogP contribution < -0.4 is 10.4 Å². The first-order valence-electron chi connectivity index (χ1n) is 16.3. The number of hydrogen-bond donors (Lipinski definition) is 0. The minimum atomic E-state index is -2.78. The monoisotopic (exact) mass is 633 g/mol. The number of carbonyl (C=O) groups is 1. The van der Waals surface area contributed by atoms with Gasteiger partial charge in [-0.05, 0) is 54.6 Å². The number of rotatable bonds is 12. The molecule has 1 saturated heterocycles. The van der Waals surface area contributed by atoms with Crippen LogP contribution in [0.4, 0.5) is 0 Å². The van der Waals surface area contributed by atoms with Crippen LogP contribution in [0.3, 0.4) is 0 Å². The van der Waals surface area contributed by atoms with E-state index in [9.17, 15) is 10.1 Å². The Kier molecular flexibility index (Phi) is 12.2. The van der Waals surface area contributed by atoms with E-state index in [1.807, 2.05) is 19.9 Å². The number of hydrogen-bond acceptors (Lipinski definition) is 7. The number of esters is 1. The lowest BCUT2D eigenvalue weighted by atomic mass is 9.91.